The van der Waals surface area contributed by atoms with Crippen molar-refractivity contribution in [2.45, 2.75) is 45.8 Å². The molecule has 0 spiro atoms. The Labute approximate surface area is 114 Å². The average molecular weight is 262 g/mol. The Morgan fingerprint density at radius 3 is 2.32 bits per heavy atom. The lowest BCUT2D eigenvalue weighted by molar-refractivity contribution is -0.120. The van der Waals surface area contributed by atoms with Crippen molar-refractivity contribution in [1.29, 1.82) is 5.41 Å². The van der Waals surface area contributed by atoms with Crippen molar-refractivity contribution < 1.29 is 9.53 Å². The predicted octanol–water partition coefficient (Wildman–Crippen LogP) is 2.88. The lowest BCUT2D eigenvalue weighted by atomic mass is 9.92. The van der Waals surface area contributed by atoms with Gasteiger partial charge in [-0.05, 0) is 18.4 Å². The van der Waals surface area contributed by atoms with Gasteiger partial charge in [-0.15, -0.1) is 0 Å². The van der Waals surface area contributed by atoms with Gasteiger partial charge in [-0.1, -0.05) is 44.2 Å². The second-order valence-corrected chi connectivity index (χ2v) is 4.57. The number of rotatable bonds is 6. The largest absolute Gasteiger partial charge is 0.475 e. The zero-order valence-corrected chi connectivity index (χ0v) is 11.8. The van der Waals surface area contributed by atoms with Gasteiger partial charge in [-0.3, -0.25) is 10.2 Å². The summed E-state index contributed by atoms with van der Waals surface area (Å²) in [6.45, 7) is 5.70. The Morgan fingerprint density at radius 2 is 1.84 bits per heavy atom. The number of carbonyl (C=O) groups excluding carboxylic acids is 1. The van der Waals surface area contributed by atoms with E-state index in [9.17, 15) is 4.79 Å². The minimum Gasteiger partial charge on any atom is -0.475 e. The minimum absolute atomic E-state index is 0.122. The molecule has 0 saturated heterocycles. The molecule has 0 radical (unpaired) electrons. The van der Waals surface area contributed by atoms with Crippen LogP contribution in [0.1, 0.15) is 39.2 Å². The van der Waals surface area contributed by atoms with E-state index in [1.54, 1.807) is 0 Å². The second-order valence-electron chi connectivity index (χ2n) is 4.57. The molecule has 1 aromatic rings. The number of benzene rings is 1. The van der Waals surface area contributed by atoms with Crippen LogP contribution in [0.3, 0.4) is 0 Å². The second kappa shape index (κ2) is 6.92. The van der Waals surface area contributed by atoms with Crippen LogP contribution in [0.15, 0.2) is 30.3 Å². The maximum Gasteiger partial charge on any atom is 0.217 e. The fraction of sp³-hybridized carbons (Fsp3) is 0.467. The molecule has 1 amide bonds. The van der Waals surface area contributed by atoms with Gasteiger partial charge in [0.1, 0.15) is 12.1 Å². The summed E-state index contributed by atoms with van der Waals surface area (Å²) in [4.78, 5) is 11.3. The van der Waals surface area contributed by atoms with Crippen LogP contribution in [0.25, 0.3) is 0 Å². The number of carbonyl (C=O) groups is 1. The molecule has 2 N–H and O–H groups in total. The van der Waals surface area contributed by atoms with Crippen LogP contribution in [-0.2, 0) is 16.1 Å². The van der Waals surface area contributed by atoms with Crippen LogP contribution in [0.4, 0.5) is 0 Å². The van der Waals surface area contributed by atoms with Crippen molar-refractivity contribution in [3.8, 4) is 0 Å². The van der Waals surface area contributed by atoms with Crippen LogP contribution in [0, 0.1) is 5.41 Å². The molecule has 19 heavy (non-hydrogen) atoms. The maximum atomic E-state index is 11.3. The van der Waals surface area contributed by atoms with E-state index < -0.39 is 5.54 Å². The Balaban J connectivity index is 2.70. The van der Waals surface area contributed by atoms with Crippen LogP contribution < -0.4 is 5.32 Å². The Hall–Kier alpha value is -1.84. The summed E-state index contributed by atoms with van der Waals surface area (Å²) < 4.78 is 5.54. The molecule has 1 aromatic carbocycles. The predicted molar refractivity (Wildman–Crippen MR) is 76.1 cm³/mol. The summed E-state index contributed by atoms with van der Waals surface area (Å²) in [6.07, 6.45) is 1.27. The smallest absolute Gasteiger partial charge is 0.217 e. The summed E-state index contributed by atoms with van der Waals surface area (Å²) in [6, 6.07) is 9.71. The van der Waals surface area contributed by atoms with E-state index in [4.69, 9.17) is 10.1 Å². The number of hydrogen-bond donors (Lipinski definition) is 2. The highest BCUT2D eigenvalue weighted by Gasteiger charge is 2.34. The molecule has 0 atom stereocenters. The first kappa shape index (κ1) is 15.2. The van der Waals surface area contributed by atoms with Crippen molar-refractivity contribution in [3.05, 3.63) is 35.9 Å². The fourth-order valence-corrected chi connectivity index (χ4v) is 2.01. The lowest BCUT2D eigenvalue weighted by Gasteiger charge is -2.32. The number of hydrogen-bond acceptors (Lipinski definition) is 3. The molecule has 0 saturated carbocycles. The van der Waals surface area contributed by atoms with E-state index >= 15 is 0 Å². The average Bonchev–Trinajstić information content (AvgIpc) is 2.43. The SMILES string of the molecule is CCC(CC)(NC(C)=O)C(=N)OCc1ccccc1. The fourth-order valence-electron chi connectivity index (χ4n) is 2.01. The van der Waals surface area contributed by atoms with Crippen molar-refractivity contribution in [3.63, 3.8) is 0 Å². The molecule has 0 aliphatic carbocycles. The summed E-state index contributed by atoms with van der Waals surface area (Å²) in [5, 5.41) is 10.9. The standard InChI is InChI=1S/C15H22N2O2/c1-4-15(5-2,17-12(3)18)14(16)19-11-13-9-7-6-8-10-13/h6-10,16H,4-5,11H2,1-3H3,(H,17,18). The van der Waals surface area contributed by atoms with Crippen molar-refractivity contribution in [2.75, 3.05) is 0 Å². The van der Waals surface area contributed by atoms with E-state index in [0.717, 1.165) is 5.56 Å². The molecule has 104 valence electrons. The van der Waals surface area contributed by atoms with Crippen LogP contribution in [0.5, 0.6) is 0 Å². The van der Waals surface area contributed by atoms with Gasteiger partial charge in [-0.2, -0.15) is 0 Å². The van der Waals surface area contributed by atoms with E-state index in [1.165, 1.54) is 6.92 Å². The lowest BCUT2D eigenvalue weighted by Crippen LogP contribution is -2.53. The third-order valence-electron chi connectivity index (χ3n) is 3.28. The van der Waals surface area contributed by atoms with Gasteiger partial charge >= 0.3 is 0 Å². The Morgan fingerprint density at radius 1 is 1.26 bits per heavy atom. The van der Waals surface area contributed by atoms with E-state index in [2.05, 4.69) is 5.32 Å². The summed E-state index contributed by atoms with van der Waals surface area (Å²) in [7, 11) is 0. The Bertz CT molecular complexity index is 425. The number of nitrogens with one attached hydrogen (secondary N) is 2. The highest BCUT2D eigenvalue weighted by atomic mass is 16.5. The van der Waals surface area contributed by atoms with Crippen molar-refractivity contribution in [2.24, 2.45) is 0 Å². The number of amides is 1. The molecule has 0 aromatic heterocycles. The number of ether oxygens (including phenoxy) is 1. The van der Waals surface area contributed by atoms with Gasteiger partial charge in [0.25, 0.3) is 0 Å². The molecule has 0 aliphatic rings. The van der Waals surface area contributed by atoms with Crippen molar-refractivity contribution >= 4 is 11.8 Å². The zero-order chi connectivity index (χ0) is 14.3. The van der Waals surface area contributed by atoms with E-state index in [1.807, 2.05) is 44.2 Å². The van der Waals surface area contributed by atoms with Crippen LogP contribution >= 0.6 is 0 Å². The van der Waals surface area contributed by atoms with Crippen molar-refractivity contribution in [1.82, 2.24) is 5.32 Å². The zero-order valence-electron chi connectivity index (χ0n) is 11.8. The highest BCUT2D eigenvalue weighted by molar-refractivity contribution is 5.88. The van der Waals surface area contributed by atoms with Gasteiger partial charge in [0, 0.05) is 6.92 Å². The normalized spacial score (nSPS) is 10.9. The molecule has 0 heterocycles. The molecule has 0 aliphatic heterocycles. The first-order valence-corrected chi connectivity index (χ1v) is 6.58. The summed E-state index contributed by atoms with van der Waals surface area (Å²) in [5.74, 6) is -0.0201. The monoisotopic (exact) mass is 262 g/mol. The van der Waals surface area contributed by atoms with Crippen LogP contribution in [-0.4, -0.2) is 17.3 Å². The quantitative estimate of drug-likeness (QED) is 0.611. The molecule has 0 bridgehead atoms. The first-order chi connectivity index (χ1) is 9.04. The first-order valence-electron chi connectivity index (χ1n) is 6.58. The summed E-state index contributed by atoms with van der Waals surface area (Å²) in [5.41, 5.74) is 0.317. The van der Waals surface area contributed by atoms with Gasteiger partial charge < -0.3 is 10.1 Å². The maximum absolute atomic E-state index is 11.3. The topological polar surface area (TPSA) is 62.2 Å². The minimum atomic E-state index is -0.694. The van der Waals surface area contributed by atoms with E-state index in [0.29, 0.717) is 19.4 Å². The molecular formula is C15H22N2O2. The molecule has 4 nitrogen and oxygen atoms in total. The van der Waals surface area contributed by atoms with Gasteiger partial charge in [0.15, 0.2) is 0 Å². The van der Waals surface area contributed by atoms with Gasteiger partial charge in [0.05, 0.1) is 0 Å². The highest BCUT2D eigenvalue weighted by Crippen LogP contribution is 2.18. The molecular weight excluding hydrogens is 240 g/mol. The third kappa shape index (κ3) is 4.09. The van der Waals surface area contributed by atoms with E-state index in [-0.39, 0.29) is 11.8 Å². The molecule has 4 heteroatoms. The van der Waals surface area contributed by atoms with Gasteiger partial charge in [0.2, 0.25) is 11.8 Å². The van der Waals surface area contributed by atoms with Gasteiger partial charge in [-0.25, -0.2) is 0 Å². The Kier molecular flexibility index (Phi) is 5.55. The summed E-state index contributed by atoms with van der Waals surface area (Å²) >= 11 is 0. The molecule has 1 rings (SSSR count). The molecule has 0 unspecified atom stereocenters. The third-order valence-corrected chi connectivity index (χ3v) is 3.28. The molecule has 0 fully saturated rings. The van der Waals surface area contributed by atoms with Crippen LogP contribution in [0.2, 0.25) is 0 Å².